The van der Waals surface area contributed by atoms with E-state index in [1.165, 1.54) is 0 Å². The Morgan fingerprint density at radius 1 is 1.33 bits per heavy atom. The van der Waals surface area contributed by atoms with Gasteiger partial charge in [0.2, 0.25) is 0 Å². The largest absolute Gasteiger partial charge is 0.497 e. The molecule has 5 heteroatoms. The maximum atomic E-state index is 11.5. The number of carboxylic acid groups (broad SMARTS) is 1. The Bertz CT molecular complexity index is 658. The molecular weight excluding hydrogens is 270 g/mol. The number of nitrogens with zero attached hydrogens (tertiary/aromatic N) is 1. The predicted octanol–water partition coefficient (Wildman–Crippen LogP) is 3.12. The molecule has 2 rings (SSSR count). The molecule has 21 heavy (non-hydrogen) atoms. The molecule has 0 aliphatic carbocycles. The van der Waals surface area contributed by atoms with Gasteiger partial charge in [-0.15, -0.1) is 0 Å². The highest BCUT2D eigenvalue weighted by molar-refractivity contribution is 6.05. The number of aromatic carboxylic acids is 1. The Labute approximate surface area is 124 Å². The summed E-state index contributed by atoms with van der Waals surface area (Å²) < 4.78 is 12.4. The molecule has 1 heterocycles. The van der Waals surface area contributed by atoms with Crippen LogP contribution in [0.5, 0.6) is 5.75 Å². The van der Waals surface area contributed by atoms with Crippen molar-refractivity contribution in [2.45, 2.75) is 26.3 Å². The summed E-state index contributed by atoms with van der Waals surface area (Å²) in [6.07, 6.45) is 1.68. The van der Waals surface area contributed by atoms with E-state index in [2.05, 4.69) is 13.8 Å². The quantitative estimate of drug-likeness (QED) is 0.888. The lowest BCUT2D eigenvalue weighted by Gasteiger charge is -2.14. The first-order chi connectivity index (χ1) is 9.99. The van der Waals surface area contributed by atoms with Crippen LogP contribution in [0.1, 0.15) is 35.7 Å². The maximum Gasteiger partial charge on any atom is 0.337 e. The van der Waals surface area contributed by atoms with Gasteiger partial charge in [0.15, 0.2) is 0 Å². The average Bonchev–Trinajstić information content (AvgIpc) is 2.82. The molecule has 0 saturated heterocycles. The minimum Gasteiger partial charge on any atom is -0.497 e. The van der Waals surface area contributed by atoms with Crippen molar-refractivity contribution >= 4 is 16.9 Å². The van der Waals surface area contributed by atoms with Crippen LogP contribution in [0.25, 0.3) is 10.9 Å². The normalized spacial score (nSPS) is 11.3. The molecule has 0 saturated carbocycles. The topological polar surface area (TPSA) is 60.7 Å². The zero-order chi connectivity index (χ0) is 15.6. The van der Waals surface area contributed by atoms with Crippen LogP contribution >= 0.6 is 0 Å². The SMILES string of the molecule is COCCn1cc(C(=O)O)c2cc(OC)cc(C(C)C)c21. The number of methoxy groups -OCH3 is 2. The van der Waals surface area contributed by atoms with Gasteiger partial charge < -0.3 is 19.1 Å². The van der Waals surface area contributed by atoms with Gasteiger partial charge >= 0.3 is 5.97 Å². The second-order valence-corrected chi connectivity index (χ2v) is 5.30. The minimum atomic E-state index is -0.931. The summed E-state index contributed by atoms with van der Waals surface area (Å²) in [5.74, 6) is 0.0118. The van der Waals surface area contributed by atoms with Crippen molar-refractivity contribution in [2.75, 3.05) is 20.8 Å². The van der Waals surface area contributed by atoms with Crippen LogP contribution in [0, 0.1) is 0 Å². The predicted molar refractivity (Wildman–Crippen MR) is 81.4 cm³/mol. The Hall–Kier alpha value is -2.01. The molecule has 0 radical (unpaired) electrons. The first-order valence-electron chi connectivity index (χ1n) is 6.92. The van der Waals surface area contributed by atoms with Crippen LogP contribution in [0.15, 0.2) is 18.3 Å². The van der Waals surface area contributed by atoms with Crippen LogP contribution in [-0.4, -0.2) is 36.5 Å². The van der Waals surface area contributed by atoms with Gasteiger partial charge in [0, 0.05) is 25.2 Å². The average molecular weight is 291 g/mol. The van der Waals surface area contributed by atoms with Gasteiger partial charge in [-0.2, -0.15) is 0 Å². The van der Waals surface area contributed by atoms with Crippen molar-refractivity contribution in [3.05, 3.63) is 29.5 Å². The van der Waals surface area contributed by atoms with Gasteiger partial charge in [0.05, 0.1) is 24.8 Å². The van der Waals surface area contributed by atoms with E-state index < -0.39 is 5.97 Å². The van der Waals surface area contributed by atoms with E-state index in [1.54, 1.807) is 26.5 Å². The number of hydrogen-bond acceptors (Lipinski definition) is 3. The van der Waals surface area contributed by atoms with E-state index >= 15 is 0 Å². The van der Waals surface area contributed by atoms with Crippen molar-refractivity contribution in [1.82, 2.24) is 4.57 Å². The monoisotopic (exact) mass is 291 g/mol. The zero-order valence-electron chi connectivity index (χ0n) is 12.8. The number of rotatable bonds is 6. The lowest BCUT2D eigenvalue weighted by Crippen LogP contribution is -2.05. The first-order valence-corrected chi connectivity index (χ1v) is 6.92. The molecule has 0 atom stereocenters. The minimum absolute atomic E-state index is 0.264. The molecule has 1 aromatic carbocycles. The molecule has 2 aromatic rings. The Morgan fingerprint density at radius 2 is 2.05 bits per heavy atom. The molecule has 0 spiro atoms. The van der Waals surface area contributed by atoms with Crippen molar-refractivity contribution in [2.24, 2.45) is 0 Å². The number of aromatic nitrogens is 1. The summed E-state index contributed by atoms with van der Waals surface area (Å²) in [6.45, 7) is 5.32. The highest BCUT2D eigenvalue weighted by Gasteiger charge is 2.19. The smallest absolute Gasteiger partial charge is 0.337 e. The van der Waals surface area contributed by atoms with Crippen molar-refractivity contribution in [3.8, 4) is 5.75 Å². The maximum absolute atomic E-state index is 11.5. The number of fused-ring (bicyclic) bond motifs is 1. The third-order valence-electron chi connectivity index (χ3n) is 3.60. The third kappa shape index (κ3) is 2.88. The van der Waals surface area contributed by atoms with E-state index in [1.807, 2.05) is 10.6 Å². The van der Waals surface area contributed by atoms with E-state index in [0.29, 0.717) is 29.9 Å². The van der Waals surface area contributed by atoms with Crippen molar-refractivity contribution < 1.29 is 19.4 Å². The molecule has 0 amide bonds. The van der Waals surface area contributed by atoms with E-state index in [4.69, 9.17) is 9.47 Å². The van der Waals surface area contributed by atoms with Crippen LogP contribution in [-0.2, 0) is 11.3 Å². The zero-order valence-corrected chi connectivity index (χ0v) is 12.8. The van der Waals surface area contributed by atoms with Gasteiger partial charge in [-0.3, -0.25) is 0 Å². The fraction of sp³-hybridized carbons (Fsp3) is 0.438. The molecule has 1 aromatic heterocycles. The summed E-state index contributed by atoms with van der Waals surface area (Å²) in [5.41, 5.74) is 2.31. The number of ether oxygens (including phenoxy) is 2. The van der Waals surface area contributed by atoms with Gasteiger partial charge in [0.1, 0.15) is 5.75 Å². The van der Waals surface area contributed by atoms with Gasteiger partial charge in [0.25, 0.3) is 0 Å². The summed E-state index contributed by atoms with van der Waals surface area (Å²) in [7, 11) is 3.23. The highest BCUT2D eigenvalue weighted by Crippen LogP contribution is 2.33. The number of carboxylic acids is 1. The molecule has 0 unspecified atom stereocenters. The van der Waals surface area contributed by atoms with Gasteiger partial charge in [-0.05, 0) is 23.6 Å². The van der Waals surface area contributed by atoms with Crippen LogP contribution < -0.4 is 4.74 Å². The van der Waals surface area contributed by atoms with Gasteiger partial charge in [-0.1, -0.05) is 13.8 Å². The van der Waals surface area contributed by atoms with Crippen molar-refractivity contribution in [1.29, 1.82) is 0 Å². The summed E-state index contributed by atoms with van der Waals surface area (Å²) in [4.78, 5) is 11.5. The molecule has 0 bridgehead atoms. The standard InChI is InChI=1S/C16H21NO4/c1-10(2)12-7-11(21-4)8-13-14(16(18)19)9-17(15(12)13)5-6-20-3/h7-10H,5-6H2,1-4H3,(H,18,19). The first kappa shape index (κ1) is 15.4. The number of benzene rings is 1. The van der Waals surface area contributed by atoms with Gasteiger partial charge in [-0.25, -0.2) is 4.79 Å². The Kier molecular flexibility index (Phi) is 4.53. The van der Waals surface area contributed by atoms with Crippen LogP contribution in [0.3, 0.4) is 0 Å². The van der Waals surface area contributed by atoms with E-state index in [9.17, 15) is 9.90 Å². The lowest BCUT2D eigenvalue weighted by molar-refractivity contribution is 0.0698. The molecule has 1 N–H and O–H groups in total. The van der Waals surface area contributed by atoms with E-state index in [-0.39, 0.29) is 5.92 Å². The Morgan fingerprint density at radius 3 is 2.57 bits per heavy atom. The highest BCUT2D eigenvalue weighted by atomic mass is 16.5. The fourth-order valence-corrected chi connectivity index (χ4v) is 2.54. The second kappa shape index (κ2) is 6.18. The molecule has 0 aliphatic rings. The Balaban J connectivity index is 2.76. The number of carbonyl (C=O) groups is 1. The molecule has 0 fully saturated rings. The third-order valence-corrected chi connectivity index (χ3v) is 3.60. The van der Waals surface area contributed by atoms with E-state index in [0.717, 1.165) is 11.1 Å². The van der Waals surface area contributed by atoms with Crippen LogP contribution in [0.4, 0.5) is 0 Å². The van der Waals surface area contributed by atoms with Crippen molar-refractivity contribution in [3.63, 3.8) is 0 Å². The lowest BCUT2D eigenvalue weighted by atomic mass is 9.99. The molecule has 0 aliphatic heterocycles. The van der Waals surface area contributed by atoms with Crippen LogP contribution in [0.2, 0.25) is 0 Å². The summed E-state index contributed by atoms with van der Waals surface area (Å²) in [6, 6.07) is 3.76. The molecule has 5 nitrogen and oxygen atoms in total. The second-order valence-electron chi connectivity index (χ2n) is 5.30. The summed E-state index contributed by atoms with van der Waals surface area (Å²) >= 11 is 0. The number of hydrogen-bond donors (Lipinski definition) is 1. The molecule has 114 valence electrons. The molecular formula is C16H21NO4. The fourth-order valence-electron chi connectivity index (χ4n) is 2.54. The summed E-state index contributed by atoms with van der Waals surface area (Å²) in [5, 5.41) is 10.1.